The molecule has 1 N–H and O–H groups in total. The van der Waals surface area contributed by atoms with Crippen LogP contribution in [0.25, 0.3) is 0 Å². The Bertz CT molecular complexity index is 277. The van der Waals surface area contributed by atoms with Gasteiger partial charge < -0.3 is 5.11 Å². The van der Waals surface area contributed by atoms with Gasteiger partial charge in [-0.25, -0.2) is 8.42 Å². The first kappa shape index (κ1) is 13.2. The largest absolute Gasteiger partial charge is 0.395 e. The second kappa shape index (κ2) is 6.03. The number of unbranched alkanes of at least 4 members (excludes halogenated alkanes) is 1. The third-order valence-corrected chi connectivity index (χ3v) is 4.68. The van der Waals surface area contributed by atoms with E-state index < -0.39 is 10.0 Å². The summed E-state index contributed by atoms with van der Waals surface area (Å²) < 4.78 is 25.1. The first-order chi connectivity index (χ1) is 7.11. The van der Waals surface area contributed by atoms with E-state index in [2.05, 4.69) is 0 Å². The molecule has 0 aromatic carbocycles. The average molecular weight is 256 g/mol. The molecule has 1 fully saturated rings. The predicted molar refractivity (Wildman–Crippen MR) is 60.6 cm³/mol. The van der Waals surface area contributed by atoms with Gasteiger partial charge in [0, 0.05) is 18.5 Å². The standard InChI is InChI=1S/C9H18ClNO3S/c10-5-1-2-8-15(13,14)11(6-7-12)9-3-4-9/h9,12H,1-8H2. The second-order valence-corrected chi connectivity index (χ2v) is 6.20. The van der Waals surface area contributed by atoms with E-state index in [1.807, 2.05) is 0 Å². The topological polar surface area (TPSA) is 57.6 Å². The SMILES string of the molecule is O=S(=O)(CCCCCl)N(CCO)C1CC1. The van der Waals surface area contributed by atoms with E-state index in [0.29, 0.717) is 12.3 Å². The molecule has 0 aromatic rings. The first-order valence-electron chi connectivity index (χ1n) is 5.28. The lowest BCUT2D eigenvalue weighted by Crippen LogP contribution is -2.37. The van der Waals surface area contributed by atoms with Crippen molar-refractivity contribution < 1.29 is 13.5 Å². The predicted octanol–water partition coefficient (Wildman–Crippen LogP) is 0.792. The molecule has 0 spiro atoms. The number of halogens is 1. The highest BCUT2D eigenvalue weighted by Crippen LogP contribution is 2.29. The van der Waals surface area contributed by atoms with Gasteiger partial charge in [0.05, 0.1) is 12.4 Å². The second-order valence-electron chi connectivity index (χ2n) is 3.78. The Kier molecular flexibility index (Phi) is 5.32. The van der Waals surface area contributed by atoms with Crippen molar-refractivity contribution in [2.75, 3.05) is 24.8 Å². The molecule has 1 aliphatic carbocycles. The lowest BCUT2D eigenvalue weighted by Gasteiger charge is -2.20. The Hall–Kier alpha value is 0.160. The van der Waals surface area contributed by atoms with Gasteiger partial charge in [-0.15, -0.1) is 11.6 Å². The molecular formula is C9H18ClNO3S. The molecule has 1 saturated carbocycles. The molecule has 0 aromatic heterocycles. The molecule has 90 valence electrons. The highest BCUT2D eigenvalue weighted by atomic mass is 35.5. The minimum Gasteiger partial charge on any atom is -0.395 e. The van der Waals surface area contributed by atoms with Gasteiger partial charge in [0.2, 0.25) is 10.0 Å². The summed E-state index contributed by atoms with van der Waals surface area (Å²) in [4.78, 5) is 0. The number of sulfonamides is 1. The number of hydrogen-bond donors (Lipinski definition) is 1. The van der Waals surface area contributed by atoms with Crippen molar-refractivity contribution in [3.05, 3.63) is 0 Å². The fourth-order valence-electron chi connectivity index (χ4n) is 1.51. The van der Waals surface area contributed by atoms with Crippen LogP contribution in [0.5, 0.6) is 0 Å². The van der Waals surface area contributed by atoms with Crippen LogP contribution in [0.3, 0.4) is 0 Å². The molecule has 4 nitrogen and oxygen atoms in total. The van der Waals surface area contributed by atoms with E-state index >= 15 is 0 Å². The van der Waals surface area contributed by atoms with E-state index in [1.165, 1.54) is 4.31 Å². The van der Waals surface area contributed by atoms with Gasteiger partial charge in [0.1, 0.15) is 0 Å². The van der Waals surface area contributed by atoms with E-state index in [1.54, 1.807) is 0 Å². The van der Waals surface area contributed by atoms with Gasteiger partial charge in [0.25, 0.3) is 0 Å². The quantitative estimate of drug-likeness (QED) is 0.515. The van der Waals surface area contributed by atoms with Crippen molar-refractivity contribution in [2.24, 2.45) is 0 Å². The third kappa shape index (κ3) is 4.26. The summed E-state index contributed by atoms with van der Waals surface area (Å²) in [7, 11) is -3.18. The van der Waals surface area contributed by atoms with Gasteiger partial charge in [-0.3, -0.25) is 0 Å². The molecule has 0 radical (unpaired) electrons. The van der Waals surface area contributed by atoms with E-state index in [-0.39, 0.29) is 24.9 Å². The third-order valence-electron chi connectivity index (χ3n) is 2.42. The average Bonchev–Trinajstić information content (AvgIpc) is 2.97. The number of aliphatic hydroxyl groups is 1. The molecule has 6 heteroatoms. The fourth-order valence-corrected chi connectivity index (χ4v) is 3.52. The van der Waals surface area contributed by atoms with Crippen LogP contribution in [0.15, 0.2) is 0 Å². The van der Waals surface area contributed by atoms with E-state index in [0.717, 1.165) is 19.3 Å². The minimum absolute atomic E-state index is 0.106. The Balaban J connectivity index is 2.48. The summed E-state index contributed by atoms with van der Waals surface area (Å²) in [5, 5.41) is 8.82. The van der Waals surface area contributed by atoms with Gasteiger partial charge in [0.15, 0.2) is 0 Å². The van der Waals surface area contributed by atoms with E-state index in [9.17, 15) is 8.42 Å². The molecule has 0 amide bonds. The maximum absolute atomic E-state index is 11.8. The Morgan fingerprint density at radius 3 is 2.47 bits per heavy atom. The molecule has 0 saturated heterocycles. The summed E-state index contributed by atoms with van der Waals surface area (Å²) in [6, 6.07) is 0.137. The monoisotopic (exact) mass is 255 g/mol. The molecular weight excluding hydrogens is 238 g/mol. The Morgan fingerprint density at radius 1 is 1.33 bits per heavy atom. The van der Waals surface area contributed by atoms with Gasteiger partial charge in [-0.2, -0.15) is 4.31 Å². The van der Waals surface area contributed by atoms with E-state index in [4.69, 9.17) is 16.7 Å². The molecule has 0 aliphatic heterocycles. The van der Waals surface area contributed by atoms with Gasteiger partial charge in [-0.1, -0.05) is 0 Å². The van der Waals surface area contributed by atoms with Gasteiger partial charge in [-0.05, 0) is 25.7 Å². The first-order valence-corrected chi connectivity index (χ1v) is 7.42. The van der Waals surface area contributed by atoms with Crippen molar-refractivity contribution in [3.63, 3.8) is 0 Å². The molecule has 0 atom stereocenters. The molecule has 0 heterocycles. The number of aliphatic hydroxyl groups excluding tert-OH is 1. The normalized spacial score (nSPS) is 17.3. The van der Waals surface area contributed by atoms with Crippen LogP contribution in [0, 0.1) is 0 Å². The Morgan fingerprint density at radius 2 is 2.00 bits per heavy atom. The molecule has 0 unspecified atom stereocenters. The zero-order valence-electron chi connectivity index (χ0n) is 8.73. The van der Waals surface area contributed by atoms with Crippen LogP contribution in [-0.4, -0.2) is 48.7 Å². The minimum atomic E-state index is -3.18. The fraction of sp³-hybridized carbons (Fsp3) is 1.00. The number of alkyl halides is 1. The van der Waals surface area contributed by atoms with Gasteiger partial charge >= 0.3 is 0 Å². The molecule has 15 heavy (non-hydrogen) atoms. The van der Waals surface area contributed by atoms with Crippen LogP contribution in [0.1, 0.15) is 25.7 Å². The van der Waals surface area contributed by atoms with Crippen molar-refractivity contribution in [1.29, 1.82) is 0 Å². The highest BCUT2D eigenvalue weighted by Gasteiger charge is 2.36. The maximum Gasteiger partial charge on any atom is 0.214 e. The number of nitrogens with zero attached hydrogens (tertiary/aromatic N) is 1. The zero-order valence-corrected chi connectivity index (χ0v) is 10.3. The van der Waals surface area contributed by atoms with Crippen LogP contribution in [0.2, 0.25) is 0 Å². The van der Waals surface area contributed by atoms with Crippen molar-refractivity contribution in [1.82, 2.24) is 4.31 Å². The Labute approximate surface area is 96.3 Å². The van der Waals surface area contributed by atoms with Crippen LogP contribution in [0.4, 0.5) is 0 Å². The number of rotatable bonds is 8. The smallest absolute Gasteiger partial charge is 0.214 e. The molecule has 1 aliphatic rings. The maximum atomic E-state index is 11.8. The van der Waals surface area contributed by atoms with Crippen LogP contribution in [-0.2, 0) is 10.0 Å². The molecule has 1 rings (SSSR count). The lowest BCUT2D eigenvalue weighted by atomic mass is 10.4. The van der Waals surface area contributed by atoms with Crippen LogP contribution < -0.4 is 0 Å². The van der Waals surface area contributed by atoms with Crippen molar-refractivity contribution in [3.8, 4) is 0 Å². The molecule has 0 bridgehead atoms. The van der Waals surface area contributed by atoms with Crippen molar-refractivity contribution in [2.45, 2.75) is 31.7 Å². The zero-order chi connectivity index (χ0) is 11.3. The summed E-state index contributed by atoms with van der Waals surface area (Å²) >= 11 is 5.50. The summed E-state index contributed by atoms with van der Waals surface area (Å²) in [6.45, 7) is 0.124. The lowest BCUT2D eigenvalue weighted by molar-refractivity contribution is 0.250. The highest BCUT2D eigenvalue weighted by molar-refractivity contribution is 7.89. The summed E-state index contributed by atoms with van der Waals surface area (Å²) in [5.74, 6) is 0.648. The van der Waals surface area contributed by atoms with Crippen molar-refractivity contribution >= 4 is 21.6 Å². The summed E-state index contributed by atoms with van der Waals surface area (Å²) in [5.41, 5.74) is 0. The van der Waals surface area contributed by atoms with Crippen LogP contribution >= 0.6 is 11.6 Å². The summed E-state index contributed by atoms with van der Waals surface area (Å²) in [6.07, 6.45) is 3.17. The number of hydrogen-bond acceptors (Lipinski definition) is 3.